The summed E-state index contributed by atoms with van der Waals surface area (Å²) in [6, 6.07) is 17.6. The van der Waals surface area contributed by atoms with Crippen molar-refractivity contribution in [2.24, 2.45) is 0 Å². The van der Waals surface area contributed by atoms with Gasteiger partial charge in [-0.1, -0.05) is 61.2 Å². The van der Waals surface area contributed by atoms with Crippen LogP contribution in [0.3, 0.4) is 0 Å². The zero-order chi connectivity index (χ0) is 21.4. The second kappa shape index (κ2) is 6.94. The Morgan fingerprint density at radius 3 is 1.87 bits per heavy atom. The minimum Gasteiger partial charge on any atom is -0.450 e. The second-order valence-corrected chi connectivity index (χ2v) is 9.40. The van der Waals surface area contributed by atoms with E-state index < -0.39 is 0 Å². The van der Waals surface area contributed by atoms with Crippen LogP contribution < -0.4 is 0 Å². The highest BCUT2D eigenvalue weighted by atomic mass is 27.1. The van der Waals surface area contributed by atoms with Crippen LogP contribution in [0.4, 0.5) is 0 Å². The number of aromatic nitrogens is 3. The number of hydrogen-bond donors (Lipinski definition) is 0. The molecule has 140 valence electrons. The molecular weight excluding hydrogens is 423 g/mol. The maximum absolute atomic E-state index is 4.08. The van der Waals surface area contributed by atoms with E-state index in [2.05, 4.69) is 127 Å². The smallest absolute Gasteiger partial charge is 0.318 e. The summed E-state index contributed by atoms with van der Waals surface area (Å²) in [6.45, 7) is 6.13. The number of nitrogens with zero attached hydrogens (tertiary/aromatic N) is 3. The van der Waals surface area contributed by atoms with E-state index in [-0.39, 0.29) is 0 Å². The number of benzene rings is 3. The quantitative estimate of drug-likeness (QED) is 0.324. The summed E-state index contributed by atoms with van der Waals surface area (Å²) >= 11 is 8.77. The Balaban J connectivity index is 1.90. The van der Waals surface area contributed by atoms with Crippen molar-refractivity contribution in [3.8, 4) is 0 Å². The van der Waals surface area contributed by atoms with E-state index >= 15 is 0 Å². The highest BCUT2D eigenvalue weighted by Crippen LogP contribution is 2.41. The lowest BCUT2D eigenvalue weighted by Crippen LogP contribution is -1.99. The fourth-order valence-electron chi connectivity index (χ4n) is 5.08. The molecular formula is C25H16Al3N3. The normalized spacial score (nSPS) is 12.4. The van der Waals surface area contributed by atoms with Crippen molar-refractivity contribution in [2.75, 3.05) is 0 Å². The summed E-state index contributed by atoms with van der Waals surface area (Å²) in [4.78, 5) is 0. The third kappa shape index (κ3) is 2.42. The molecule has 3 nitrogen and oxygen atoms in total. The zero-order valence-corrected chi connectivity index (χ0v) is 20.6. The highest BCUT2D eigenvalue weighted by Gasteiger charge is 2.19. The van der Waals surface area contributed by atoms with Gasteiger partial charge in [0.25, 0.3) is 0 Å². The fraction of sp³-hybridized carbons (Fsp3) is 0.0400. The maximum atomic E-state index is 4.08. The molecule has 6 radical (unpaired) electrons. The molecule has 0 aliphatic heterocycles. The van der Waals surface area contributed by atoms with Gasteiger partial charge in [-0.3, -0.25) is 0 Å². The predicted octanol–water partition coefficient (Wildman–Crippen LogP) is 5.33. The lowest BCUT2D eigenvalue weighted by atomic mass is 10.1. The van der Waals surface area contributed by atoms with Crippen molar-refractivity contribution in [3.63, 3.8) is 0 Å². The first-order valence-electron chi connectivity index (χ1n) is 10.2. The van der Waals surface area contributed by atoms with E-state index in [1.807, 2.05) is 13.0 Å². The van der Waals surface area contributed by atoms with E-state index in [4.69, 9.17) is 0 Å². The fourth-order valence-corrected chi connectivity index (χ4v) is 6.57. The molecule has 0 aliphatic rings. The predicted molar refractivity (Wildman–Crippen MR) is 136 cm³/mol. The lowest BCUT2D eigenvalue weighted by Gasteiger charge is -2.09. The van der Waals surface area contributed by atoms with E-state index in [0.29, 0.717) is 0 Å². The van der Waals surface area contributed by atoms with Crippen LogP contribution in [-0.2, 0) is 0 Å². The van der Waals surface area contributed by atoms with Crippen LogP contribution in [0, 0.1) is 0 Å². The number of fused-ring (bicyclic) bond motifs is 9. The Kier molecular flexibility index (Phi) is 4.38. The number of allylic oxidation sites excluding steroid dienone is 1. The summed E-state index contributed by atoms with van der Waals surface area (Å²) in [7, 11) is 0. The van der Waals surface area contributed by atoms with Gasteiger partial charge >= 0.3 is 49.5 Å². The Hall–Kier alpha value is -2.12. The van der Waals surface area contributed by atoms with E-state index in [1.165, 1.54) is 54.5 Å². The molecule has 0 atom stereocenters. The van der Waals surface area contributed by atoms with Gasteiger partial charge in [-0.05, 0) is 19.1 Å². The minimum atomic E-state index is 1.14. The van der Waals surface area contributed by atoms with Gasteiger partial charge in [0.15, 0.2) is 0 Å². The Labute approximate surface area is 205 Å². The van der Waals surface area contributed by atoms with Gasteiger partial charge in [0.1, 0.15) is 0 Å². The molecule has 6 rings (SSSR count). The third-order valence-electron chi connectivity index (χ3n) is 6.36. The van der Waals surface area contributed by atoms with Crippen LogP contribution in [0.25, 0.3) is 66.7 Å². The second-order valence-electron chi connectivity index (χ2n) is 7.85. The topological polar surface area (TPSA) is 14.8 Å². The van der Waals surface area contributed by atoms with Gasteiger partial charge in [-0.15, -0.1) is 0 Å². The van der Waals surface area contributed by atoms with Gasteiger partial charge in [0, 0.05) is 65.8 Å². The van der Waals surface area contributed by atoms with Crippen molar-refractivity contribution in [3.05, 3.63) is 72.4 Å². The summed E-state index contributed by atoms with van der Waals surface area (Å²) in [5, 5.41) is 6.25. The molecule has 0 amide bonds. The van der Waals surface area contributed by atoms with Gasteiger partial charge in [-0.2, -0.15) is 0 Å². The van der Waals surface area contributed by atoms with E-state index in [9.17, 15) is 0 Å². The Morgan fingerprint density at radius 1 is 0.677 bits per heavy atom. The zero-order valence-electron chi connectivity index (χ0n) is 17.1. The number of rotatable bonds is 2. The largest absolute Gasteiger partial charge is 0.450 e. The van der Waals surface area contributed by atoms with Crippen molar-refractivity contribution in [2.45, 2.75) is 6.92 Å². The molecule has 3 aromatic heterocycles. The Bertz CT molecular complexity index is 1740. The molecule has 0 bridgehead atoms. The molecule has 3 heterocycles. The van der Waals surface area contributed by atoms with Crippen LogP contribution in [0.5, 0.6) is 0 Å². The van der Waals surface area contributed by atoms with Crippen molar-refractivity contribution in [1.82, 2.24) is 10.7 Å². The molecule has 0 saturated carbocycles. The number of para-hydroxylation sites is 1. The Morgan fingerprint density at radius 2 is 1.23 bits per heavy atom. The molecule has 0 spiro atoms. The van der Waals surface area contributed by atoms with Crippen LogP contribution >= 0.6 is 0 Å². The van der Waals surface area contributed by atoms with E-state index in [0.717, 1.165) is 11.3 Å². The molecule has 0 unspecified atom stereocenters. The van der Waals surface area contributed by atoms with Crippen LogP contribution in [0.15, 0.2) is 61.2 Å². The SMILES string of the molecule is C=Cc1c(/C=C\C)[n]([Al])c2c1ccc1c3ccc4c5ccccc5[n]([Al])c4c3[n]([Al])c12. The average molecular weight is 439 g/mol. The maximum Gasteiger partial charge on any atom is 0.318 e. The molecule has 6 aromatic rings. The van der Waals surface area contributed by atoms with E-state index in [1.54, 1.807) is 0 Å². The first-order valence-corrected chi connectivity index (χ1v) is 11.7. The van der Waals surface area contributed by atoms with Crippen molar-refractivity contribution < 1.29 is 0 Å². The van der Waals surface area contributed by atoms with Crippen molar-refractivity contribution >= 4 is 116 Å². The first-order chi connectivity index (χ1) is 15.1. The van der Waals surface area contributed by atoms with Crippen molar-refractivity contribution in [1.29, 1.82) is 0 Å². The first kappa shape index (κ1) is 19.6. The molecule has 0 N–H and O–H groups in total. The third-order valence-corrected chi connectivity index (χ3v) is 7.95. The summed E-state index contributed by atoms with van der Waals surface area (Å²) in [5.74, 6) is 0. The van der Waals surface area contributed by atoms with Gasteiger partial charge in [-0.25, -0.2) is 0 Å². The molecule has 31 heavy (non-hydrogen) atoms. The van der Waals surface area contributed by atoms with Crippen LogP contribution in [0.1, 0.15) is 18.2 Å². The summed E-state index contributed by atoms with van der Waals surface area (Å²) < 4.78 is 6.73. The van der Waals surface area contributed by atoms with Gasteiger partial charge in [0.05, 0.1) is 0 Å². The monoisotopic (exact) mass is 439 g/mol. The summed E-state index contributed by atoms with van der Waals surface area (Å²) in [6.07, 6.45) is 6.18. The number of hydrogen-bond acceptors (Lipinski definition) is 0. The molecule has 0 aliphatic carbocycles. The average Bonchev–Trinajstić information content (AvgIpc) is 3.35. The molecule has 0 fully saturated rings. The highest BCUT2D eigenvalue weighted by molar-refractivity contribution is 6.35. The van der Waals surface area contributed by atoms with Gasteiger partial charge in [0.2, 0.25) is 0 Å². The van der Waals surface area contributed by atoms with Crippen LogP contribution in [0.2, 0.25) is 0 Å². The summed E-state index contributed by atoms with van der Waals surface area (Å²) in [5.41, 5.74) is 8.35. The lowest BCUT2D eigenvalue weighted by molar-refractivity contribution is 1.27. The molecule has 0 saturated heterocycles. The van der Waals surface area contributed by atoms with Gasteiger partial charge < -0.3 is 10.7 Å². The standard InChI is InChI=1S/C25H16N3.3Al/c1-3-7-20-14(4-2)16-10-12-18-19-13-11-17-15-8-5-6-9-21(15)27-23(17)25(19)28-24(18)22(16)26-20;;;/h3-13H,2H2,1H3;;;/q-3;3*+1/b7-3-;;;. The van der Waals surface area contributed by atoms with Crippen LogP contribution in [-0.4, -0.2) is 60.2 Å². The molecule has 3 aromatic carbocycles. The minimum absolute atomic E-state index is 1.14. The molecule has 6 heteroatoms.